The van der Waals surface area contributed by atoms with E-state index >= 15 is 0 Å². The van der Waals surface area contributed by atoms with Gasteiger partial charge in [-0.1, -0.05) is 6.42 Å². The Hall–Kier alpha value is -1.43. The molecule has 1 unspecified atom stereocenters. The molecule has 1 amide bonds. The highest BCUT2D eigenvalue weighted by molar-refractivity contribution is 5.75. The Bertz CT molecular complexity index is 484. The van der Waals surface area contributed by atoms with Crippen LogP contribution in [0, 0.1) is 0 Å². The first-order valence-electron chi connectivity index (χ1n) is 7.66. The Balaban J connectivity index is 1.75. The summed E-state index contributed by atoms with van der Waals surface area (Å²) < 4.78 is 2.32. The third-order valence-electron chi connectivity index (χ3n) is 4.39. The second-order valence-electron chi connectivity index (χ2n) is 5.98. The molecule has 3 rings (SSSR count). The number of piperidine rings is 1. The molecular weight excluding hydrogens is 254 g/mol. The smallest absolute Gasteiger partial charge is 0.231 e. The van der Waals surface area contributed by atoms with Crippen molar-refractivity contribution in [2.45, 2.75) is 51.0 Å². The average Bonchev–Trinajstić information content (AvgIpc) is 2.67. The van der Waals surface area contributed by atoms with Crippen molar-refractivity contribution in [3.05, 3.63) is 11.6 Å². The van der Waals surface area contributed by atoms with Gasteiger partial charge in [-0.3, -0.25) is 9.69 Å². The zero-order valence-electron chi connectivity index (χ0n) is 11.9. The standard InChI is InChI=1S/C14H23N5O/c15-12(20)10-18-7-4-5-11(9-18)14-17-16-13-6-2-1-3-8-19(13)14/h11H,1-10H2,(H2,15,20). The molecule has 1 atom stereocenters. The van der Waals surface area contributed by atoms with Crippen molar-refractivity contribution in [1.29, 1.82) is 0 Å². The highest BCUT2D eigenvalue weighted by atomic mass is 16.1. The molecule has 0 aromatic carbocycles. The van der Waals surface area contributed by atoms with Gasteiger partial charge >= 0.3 is 0 Å². The van der Waals surface area contributed by atoms with Gasteiger partial charge in [-0.2, -0.15) is 0 Å². The molecule has 110 valence electrons. The maximum atomic E-state index is 11.1. The number of hydrogen-bond acceptors (Lipinski definition) is 4. The zero-order valence-corrected chi connectivity index (χ0v) is 11.9. The molecule has 0 radical (unpaired) electrons. The lowest BCUT2D eigenvalue weighted by atomic mass is 9.97. The van der Waals surface area contributed by atoms with E-state index in [0.29, 0.717) is 12.5 Å². The van der Waals surface area contributed by atoms with Crippen molar-refractivity contribution in [2.75, 3.05) is 19.6 Å². The van der Waals surface area contributed by atoms with Gasteiger partial charge in [-0.25, -0.2) is 0 Å². The third-order valence-corrected chi connectivity index (χ3v) is 4.39. The van der Waals surface area contributed by atoms with Crippen molar-refractivity contribution in [3.8, 4) is 0 Å². The fourth-order valence-corrected chi connectivity index (χ4v) is 3.44. The fourth-order valence-electron chi connectivity index (χ4n) is 3.44. The lowest BCUT2D eigenvalue weighted by Crippen LogP contribution is -2.40. The first kappa shape index (κ1) is 13.5. The maximum absolute atomic E-state index is 11.1. The number of primary amides is 1. The lowest BCUT2D eigenvalue weighted by molar-refractivity contribution is -0.119. The molecule has 0 aliphatic carbocycles. The summed E-state index contributed by atoms with van der Waals surface area (Å²) in [5.74, 6) is 2.41. The molecule has 3 heterocycles. The van der Waals surface area contributed by atoms with Crippen LogP contribution in [0.25, 0.3) is 0 Å². The summed E-state index contributed by atoms with van der Waals surface area (Å²) in [6, 6.07) is 0. The van der Waals surface area contributed by atoms with Gasteiger partial charge in [0.2, 0.25) is 5.91 Å². The summed E-state index contributed by atoms with van der Waals surface area (Å²) in [6.45, 7) is 3.24. The molecule has 0 saturated carbocycles. The highest BCUT2D eigenvalue weighted by Crippen LogP contribution is 2.27. The number of fused-ring (bicyclic) bond motifs is 1. The van der Waals surface area contributed by atoms with Gasteiger partial charge in [0, 0.05) is 25.4 Å². The molecule has 2 aliphatic heterocycles. The maximum Gasteiger partial charge on any atom is 0.231 e. The van der Waals surface area contributed by atoms with E-state index in [1.54, 1.807) is 0 Å². The van der Waals surface area contributed by atoms with E-state index in [-0.39, 0.29) is 5.91 Å². The number of rotatable bonds is 3. The van der Waals surface area contributed by atoms with Crippen LogP contribution in [0.4, 0.5) is 0 Å². The third kappa shape index (κ3) is 2.85. The van der Waals surface area contributed by atoms with Crippen LogP contribution in [-0.4, -0.2) is 45.2 Å². The second kappa shape index (κ2) is 5.91. The molecule has 1 aromatic rings. The normalized spacial score (nSPS) is 24.1. The lowest BCUT2D eigenvalue weighted by Gasteiger charge is -2.31. The Morgan fingerprint density at radius 2 is 2.10 bits per heavy atom. The SMILES string of the molecule is NC(=O)CN1CCCC(c2nnc3n2CCCCC3)C1. The van der Waals surface area contributed by atoms with Crippen LogP contribution >= 0.6 is 0 Å². The molecule has 2 N–H and O–H groups in total. The van der Waals surface area contributed by atoms with E-state index in [1.807, 2.05) is 0 Å². The van der Waals surface area contributed by atoms with Gasteiger partial charge in [0.05, 0.1) is 6.54 Å². The quantitative estimate of drug-likeness (QED) is 0.881. The zero-order chi connectivity index (χ0) is 13.9. The molecule has 6 nitrogen and oxygen atoms in total. The number of nitrogens with zero attached hydrogens (tertiary/aromatic N) is 4. The summed E-state index contributed by atoms with van der Waals surface area (Å²) >= 11 is 0. The van der Waals surface area contributed by atoms with Gasteiger partial charge < -0.3 is 10.3 Å². The molecule has 1 aromatic heterocycles. The van der Waals surface area contributed by atoms with Crippen LogP contribution in [-0.2, 0) is 17.8 Å². The Morgan fingerprint density at radius 1 is 1.20 bits per heavy atom. The minimum Gasteiger partial charge on any atom is -0.369 e. The number of amides is 1. The predicted octanol–water partition coefficient (Wildman–Crippen LogP) is 0.669. The number of aryl methyl sites for hydroxylation is 1. The molecule has 20 heavy (non-hydrogen) atoms. The van der Waals surface area contributed by atoms with E-state index in [9.17, 15) is 4.79 Å². The fraction of sp³-hybridized carbons (Fsp3) is 0.786. The second-order valence-corrected chi connectivity index (χ2v) is 5.98. The summed E-state index contributed by atoms with van der Waals surface area (Å²) in [5, 5.41) is 8.83. The van der Waals surface area contributed by atoms with E-state index in [4.69, 9.17) is 5.73 Å². The van der Waals surface area contributed by atoms with Gasteiger partial charge in [0.1, 0.15) is 11.6 Å². The van der Waals surface area contributed by atoms with E-state index in [1.165, 1.54) is 19.3 Å². The monoisotopic (exact) mass is 277 g/mol. The van der Waals surface area contributed by atoms with Crippen molar-refractivity contribution in [2.24, 2.45) is 5.73 Å². The van der Waals surface area contributed by atoms with Crippen LogP contribution in [0.5, 0.6) is 0 Å². The van der Waals surface area contributed by atoms with Gasteiger partial charge in [-0.15, -0.1) is 10.2 Å². The summed E-state index contributed by atoms with van der Waals surface area (Å²) in [6.07, 6.45) is 6.99. The molecule has 2 aliphatic rings. The number of carbonyl (C=O) groups is 1. The van der Waals surface area contributed by atoms with Crippen LogP contribution in [0.1, 0.15) is 49.7 Å². The number of aromatic nitrogens is 3. The summed E-state index contributed by atoms with van der Waals surface area (Å²) in [7, 11) is 0. The summed E-state index contributed by atoms with van der Waals surface area (Å²) in [4.78, 5) is 13.2. The van der Waals surface area contributed by atoms with E-state index in [2.05, 4.69) is 19.7 Å². The minimum absolute atomic E-state index is 0.245. The molecule has 6 heteroatoms. The van der Waals surface area contributed by atoms with Crippen molar-refractivity contribution in [3.63, 3.8) is 0 Å². The van der Waals surface area contributed by atoms with Crippen LogP contribution in [0.2, 0.25) is 0 Å². The molecule has 1 fully saturated rings. The van der Waals surface area contributed by atoms with E-state index in [0.717, 1.165) is 50.5 Å². The number of carbonyl (C=O) groups excluding carboxylic acids is 1. The van der Waals surface area contributed by atoms with Crippen LogP contribution in [0.15, 0.2) is 0 Å². The number of likely N-dealkylation sites (tertiary alicyclic amines) is 1. The predicted molar refractivity (Wildman–Crippen MR) is 75.2 cm³/mol. The summed E-state index contributed by atoms with van der Waals surface area (Å²) in [5.41, 5.74) is 5.31. The first-order valence-corrected chi connectivity index (χ1v) is 7.66. The number of hydrogen-bond donors (Lipinski definition) is 1. The van der Waals surface area contributed by atoms with Crippen molar-refractivity contribution >= 4 is 5.91 Å². The van der Waals surface area contributed by atoms with E-state index < -0.39 is 0 Å². The Morgan fingerprint density at radius 3 is 2.95 bits per heavy atom. The largest absolute Gasteiger partial charge is 0.369 e. The molecule has 0 bridgehead atoms. The van der Waals surface area contributed by atoms with Crippen LogP contribution in [0.3, 0.4) is 0 Å². The molecule has 1 saturated heterocycles. The topological polar surface area (TPSA) is 77.0 Å². The van der Waals surface area contributed by atoms with Gasteiger partial charge in [0.25, 0.3) is 0 Å². The highest BCUT2D eigenvalue weighted by Gasteiger charge is 2.27. The van der Waals surface area contributed by atoms with Gasteiger partial charge in [0.15, 0.2) is 0 Å². The Kier molecular flexibility index (Phi) is 4.00. The average molecular weight is 277 g/mol. The molecule has 0 spiro atoms. The van der Waals surface area contributed by atoms with Crippen molar-refractivity contribution < 1.29 is 4.79 Å². The first-order chi connectivity index (χ1) is 9.74. The Labute approximate surface area is 119 Å². The van der Waals surface area contributed by atoms with Gasteiger partial charge in [-0.05, 0) is 32.2 Å². The minimum atomic E-state index is -0.245. The van der Waals surface area contributed by atoms with Crippen molar-refractivity contribution in [1.82, 2.24) is 19.7 Å². The number of nitrogens with two attached hydrogens (primary N) is 1. The van der Waals surface area contributed by atoms with Crippen LogP contribution < -0.4 is 5.73 Å². The molecular formula is C14H23N5O.